The zero-order valence-electron chi connectivity index (χ0n) is 11.4. The topological polar surface area (TPSA) is 27.7 Å². The Morgan fingerprint density at radius 2 is 1.82 bits per heavy atom. The highest BCUT2D eigenvalue weighted by Crippen LogP contribution is 2.19. The van der Waals surface area contributed by atoms with Gasteiger partial charge >= 0.3 is 0 Å². The number of hydrogen-bond acceptors (Lipinski definition) is 4. The lowest BCUT2D eigenvalue weighted by Gasteiger charge is -2.41. The number of likely N-dealkylation sites (N-methyl/N-ethyl adjacent to an activating group) is 1. The van der Waals surface area contributed by atoms with Crippen molar-refractivity contribution in [3.8, 4) is 0 Å². The summed E-state index contributed by atoms with van der Waals surface area (Å²) in [7, 11) is 2.09. The number of nitrogens with one attached hydrogen (secondary N) is 1. The summed E-state index contributed by atoms with van der Waals surface area (Å²) in [6, 6.07) is 0. The van der Waals surface area contributed by atoms with Crippen LogP contribution in [0.1, 0.15) is 19.8 Å². The third-order valence-electron chi connectivity index (χ3n) is 4.22. The van der Waals surface area contributed by atoms with Gasteiger partial charge in [-0.05, 0) is 33.4 Å². The van der Waals surface area contributed by atoms with E-state index in [0.717, 1.165) is 26.3 Å². The first kappa shape index (κ1) is 13.3. The maximum atomic E-state index is 5.38. The second-order valence-electron chi connectivity index (χ2n) is 5.64. The quantitative estimate of drug-likeness (QED) is 0.771. The van der Waals surface area contributed by atoms with Gasteiger partial charge in [0.25, 0.3) is 0 Å². The van der Waals surface area contributed by atoms with Crippen LogP contribution in [0.5, 0.6) is 0 Å². The van der Waals surface area contributed by atoms with E-state index in [4.69, 9.17) is 4.74 Å². The zero-order chi connectivity index (χ0) is 12.1. The average molecular weight is 241 g/mol. The molecule has 0 radical (unpaired) electrons. The molecule has 2 saturated heterocycles. The minimum Gasteiger partial charge on any atom is -0.379 e. The van der Waals surface area contributed by atoms with E-state index in [1.807, 2.05) is 0 Å². The maximum absolute atomic E-state index is 5.38. The third-order valence-corrected chi connectivity index (χ3v) is 4.22. The molecule has 0 amide bonds. The minimum absolute atomic E-state index is 0.323. The van der Waals surface area contributed by atoms with E-state index in [-0.39, 0.29) is 0 Å². The van der Waals surface area contributed by atoms with Gasteiger partial charge in [0.15, 0.2) is 0 Å². The van der Waals surface area contributed by atoms with E-state index in [1.54, 1.807) is 0 Å². The fourth-order valence-electron chi connectivity index (χ4n) is 2.85. The molecule has 0 bridgehead atoms. The van der Waals surface area contributed by atoms with Crippen molar-refractivity contribution >= 4 is 0 Å². The average Bonchev–Trinajstić information content (AvgIpc) is 2.38. The largest absolute Gasteiger partial charge is 0.379 e. The summed E-state index contributed by atoms with van der Waals surface area (Å²) < 4.78 is 5.38. The van der Waals surface area contributed by atoms with Crippen LogP contribution in [-0.4, -0.2) is 74.9 Å². The minimum atomic E-state index is 0.323. The van der Waals surface area contributed by atoms with Crippen molar-refractivity contribution < 1.29 is 4.74 Å². The molecule has 1 N–H and O–H groups in total. The van der Waals surface area contributed by atoms with E-state index >= 15 is 0 Å². The van der Waals surface area contributed by atoms with Gasteiger partial charge < -0.3 is 15.0 Å². The van der Waals surface area contributed by atoms with Crippen LogP contribution >= 0.6 is 0 Å². The molecule has 1 atom stereocenters. The number of nitrogens with zero attached hydrogens (tertiary/aromatic N) is 2. The molecule has 2 rings (SSSR count). The molecule has 17 heavy (non-hydrogen) atoms. The van der Waals surface area contributed by atoms with E-state index in [1.165, 1.54) is 39.0 Å². The molecule has 2 heterocycles. The third kappa shape index (κ3) is 3.91. The Hall–Kier alpha value is -0.160. The second-order valence-corrected chi connectivity index (χ2v) is 5.64. The van der Waals surface area contributed by atoms with E-state index in [0.29, 0.717) is 5.54 Å². The second kappa shape index (κ2) is 6.14. The predicted octanol–water partition coefficient (Wildman–Crippen LogP) is 0.393. The fourth-order valence-corrected chi connectivity index (χ4v) is 2.85. The fraction of sp³-hybridized carbons (Fsp3) is 1.00. The van der Waals surface area contributed by atoms with E-state index < -0.39 is 0 Å². The number of rotatable bonds is 4. The summed E-state index contributed by atoms with van der Waals surface area (Å²) in [6.07, 6.45) is 2.62. The van der Waals surface area contributed by atoms with Gasteiger partial charge in [-0.25, -0.2) is 0 Å². The van der Waals surface area contributed by atoms with Crippen LogP contribution in [0.2, 0.25) is 0 Å². The van der Waals surface area contributed by atoms with Crippen LogP contribution in [-0.2, 0) is 4.74 Å². The number of likely N-dealkylation sites (tertiary alicyclic amines) is 1. The molecule has 4 nitrogen and oxygen atoms in total. The Balaban J connectivity index is 1.71. The highest BCUT2D eigenvalue weighted by atomic mass is 16.5. The Bertz CT molecular complexity index is 231. The molecule has 0 saturated carbocycles. The van der Waals surface area contributed by atoms with Crippen LogP contribution in [0.15, 0.2) is 0 Å². The SMILES string of the molecule is CNC1(C)CCCN(CCN2CCOCC2)C1. The Kier molecular flexibility index (Phi) is 4.79. The predicted molar refractivity (Wildman–Crippen MR) is 70.4 cm³/mol. The summed E-state index contributed by atoms with van der Waals surface area (Å²) in [5.74, 6) is 0. The van der Waals surface area contributed by atoms with Gasteiger partial charge in [-0.1, -0.05) is 0 Å². The number of morpholine rings is 1. The van der Waals surface area contributed by atoms with Crippen molar-refractivity contribution in [1.29, 1.82) is 0 Å². The zero-order valence-corrected chi connectivity index (χ0v) is 11.4. The molecular weight excluding hydrogens is 214 g/mol. The highest BCUT2D eigenvalue weighted by molar-refractivity contribution is 4.89. The summed E-state index contributed by atoms with van der Waals surface area (Å²) >= 11 is 0. The summed E-state index contributed by atoms with van der Waals surface area (Å²) in [4.78, 5) is 5.13. The number of piperidine rings is 1. The van der Waals surface area contributed by atoms with Gasteiger partial charge in [0.2, 0.25) is 0 Å². The van der Waals surface area contributed by atoms with Crippen molar-refractivity contribution in [3.63, 3.8) is 0 Å². The molecule has 1 unspecified atom stereocenters. The molecule has 100 valence electrons. The van der Waals surface area contributed by atoms with Crippen LogP contribution < -0.4 is 5.32 Å². The smallest absolute Gasteiger partial charge is 0.0594 e. The van der Waals surface area contributed by atoms with E-state index in [9.17, 15) is 0 Å². The lowest BCUT2D eigenvalue weighted by atomic mass is 9.91. The molecule has 0 aromatic rings. The first-order valence-electron chi connectivity index (χ1n) is 6.93. The summed E-state index contributed by atoms with van der Waals surface area (Å²) in [6.45, 7) is 11.2. The van der Waals surface area contributed by atoms with Crippen molar-refractivity contribution in [2.75, 3.05) is 59.5 Å². The lowest BCUT2D eigenvalue weighted by Crippen LogP contribution is -2.55. The molecule has 0 aliphatic carbocycles. The first-order chi connectivity index (χ1) is 8.22. The van der Waals surface area contributed by atoms with Crippen molar-refractivity contribution in [1.82, 2.24) is 15.1 Å². The van der Waals surface area contributed by atoms with Gasteiger partial charge in [0, 0.05) is 38.3 Å². The highest BCUT2D eigenvalue weighted by Gasteiger charge is 2.29. The van der Waals surface area contributed by atoms with Gasteiger partial charge in [-0.3, -0.25) is 4.90 Å². The summed E-state index contributed by atoms with van der Waals surface area (Å²) in [5, 5.41) is 3.47. The molecule has 0 aromatic carbocycles. The number of ether oxygens (including phenoxy) is 1. The monoisotopic (exact) mass is 241 g/mol. The van der Waals surface area contributed by atoms with Crippen LogP contribution in [0.25, 0.3) is 0 Å². The molecule has 0 spiro atoms. The first-order valence-corrected chi connectivity index (χ1v) is 6.93. The lowest BCUT2D eigenvalue weighted by molar-refractivity contribution is 0.0294. The van der Waals surface area contributed by atoms with Crippen LogP contribution in [0, 0.1) is 0 Å². The van der Waals surface area contributed by atoms with Crippen LogP contribution in [0.4, 0.5) is 0 Å². The summed E-state index contributed by atoms with van der Waals surface area (Å²) in [5.41, 5.74) is 0.323. The van der Waals surface area contributed by atoms with E-state index in [2.05, 4.69) is 29.1 Å². The van der Waals surface area contributed by atoms with Gasteiger partial charge in [0.05, 0.1) is 13.2 Å². The Morgan fingerprint density at radius 1 is 1.12 bits per heavy atom. The Labute approximate surface area is 105 Å². The molecule has 2 aliphatic heterocycles. The Morgan fingerprint density at radius 3 is 2.53 bits per heavy atom. The van der Waals surface area contributed by atoms with Crippen molar-refractivity contribution in [2.45, 2.75) is 25.3 Å². The van der Waals surface area contributed by atoms with Crippen LogP contribution in [0.3, 0.4) is 0 Å². The van der Waals surface area contributed by atoms with Crippen molar-refractivity contribution in [3.05, 3.63) is 0 Å². The molecule has 4 heteroatoms. The molecule has 2 fully saturated rings. The van der Waals surface area contributed by atoms with Gasteiger partial charge in [0.1, 0.15) is 0 Å². The molecular formula is C13H27N3O. The van der Waals surface area contributed by atoms with Crippen molar-refractivity contribution in [2.24, 2.45) is 0 Å². The molecule has 0 aromatic heterocycles. The normalized spacial score (nSPS) is 32.8. The van der Waals surface area contributed by atoms with Gasteiger partial charge in [-0.2, -0.15) is 0 Å². The number of hydrogen-bond donors (Lipinski definition) is 1. The molecule has 2 aliphatic rings. The maximum Gasteiger partial charge on any atom is 0.0594 e. The standard InChI is InChI=1S/C13H27N3O/c1-13(14-2)4-3-5-16(12-13)7-6-15-8-10-17-11-9-15/h14H,3-12H2,1-2H3. The van der Waals surface area contributed by atoms with Gasteiger partial charge in [-0.15, -0.1) is 0 Å².